The van der Waals surface area contributed by atoms with Crippen LogP contribution in [0.3, 0.4) is 0 Å². The van der Waals surface area contributed by atoms with E-state index in [9.17, 15) is 4.79 Å². The predicted molar refractivity (Wildman–Crippen MR) is 67.0 cm³/mol. The Morgan fingerprint density at radius 3 is 3.12 bits per heavy atom. The smallest absolute Gasteiger partial charge is 0.293 e. The fourth-order valence-electron chi connectivity index (χ4n) is 1.13. The average Bonchev–Trinajstić information content (AvgIpc) is 2.29. The molecule has 0 aliphatic heterocycles. The summed E-state index contributed by atoms with van der Waals surface area (Å²) < 4.78 is 1.49. The summed E-state index contributed by atoms with van der Waals surface area (Å²) in [5, 5.41) is 11.6. The van der Waals surface area contributed by atoms with E-state index in [1.54, 1.807) is 31.2 Å². The zero-order chi connectivity index (χ0) is 11.8. The van der Waals surface area contributed by atoms with Crippen LogP contribution in [0.1, 0.15) is 6.42 Å². The molecular weight excluding hydrogens is 226 g/mol. The summed E-state index contributed by atoms with van der Waals surface area (Å²) in [6.45, 7) is 0.948. The number of aromatic nitrogens is 2. The highest BCUT2D eigenvalue weighted by Crippen LogP contribution is 2.01. The second-order valence-corrected chi connectivity index (χ2v) is 4.53. The van der Waals surface area contributed by atoms with Gasteiger partial charge in [0.25, 0.3) is 5.56 Å². The van der Waals surface area contributed by atoms with Crippen LogP contribution in [0.25, 0.3) is 0 Å². The van der Waals surface area contributed by atoms with Gasteiger partial charge in [-0.05, 0) is 12.2 Å². The zero-order valence-corrected chi connectivity index (χ0v) is 10.2. The molecular formula is C10H17N3O2S. The summed E-state index contributed by atoms with van der Waals surface area (Å²) in [5.41, 5.74) is -0.108. The molecule has 0 fully saturated rings. The van der Waals surface area contributed by atoms with Gasteiger partial charge in [0, 0.05) is 38.3 Å². The van der Waals surface area contributed by atoms with E-state index in [4.69, 9.17) is 5.11 Å². The van der Waals surface area contributed by atoms with E-state index in [-0.39, 0.29) is 12.2 Å². The molecule has 0 aromatic carbocycles. The maximum atomic E-state index is 11.5. The predicted octanol–water partition coefficient (Wildman–Crippen LogP) is 0.308. The third kappa shape index (κ3) is 4.24. The third-order valence-corrected chi connectivity index (χ3v) is 3.07. The van der Waals surface area contributed by atoms with Crippen molar-refractivity contribution in [1.29, 1.82) is 0 Å². The van der Waals surface area contributed by atoms with Crippen LogP contribution in [0.2, 0.25) is 0 Å². The molecule has 16 heavy (non-hydrogen) atoms. The van der Waals surface area contributed by atoms with Gasteiger partial charge in [0.2, 0.25) is 0 Å². The van der Waals surface area contributed by atoms with E-state index >= 15 is 0 Å². The lowest BCUT2D eigenvalue weighted by Gasteiger charge is -2.05. The number of aliphatic hydroxyl groups is 1. The largest absolute Gasteiger partial charge is 0.396 e. The second-order valence-electron chi connectivity index (χ2n) is 3.31. The molecule has 6 heteroatoms. The summed E-state index contributed by atoms with van der Waals surface area (Å²) in [6, 6.07) is 0. The SMILES string of the molecule is Cn1ccnc(NCCSCCCO)c1=O. The van der Waals surface area contributed by atoms with E-state index in [1.165, 1.54) is 4.57 Å². The zero-order valence-electron chi connectivity index (χ0n) is 9.35. The molecule has 0 unspecified atom stereocenters. The first-order valence-electron chi connectivity index (χ1n) is 5.20. The number of nitrogens with zero attached hydrogens (tertiary/aromatic N) is 2. The lowest BCUT2D eigenvalue weighted by atomic mass is 10.5. The molecule has 0 saturated carbocycles. The maximum absolute atomic E-state index is 11.5. The Labute approximate surface area is 98.9 Å². The highest BCUT2D eigenvalue weighted by molar-refractivity contribution is 7.99. The van der Waals surface area contributed by atoms with Gasteiger partial charge < -0.3 is 15.0 Å². The van der Waals surface area contributed by atoms with Gasteiger partial charge in [0.05, 0.1) is 0 Å². The number of aryl methyl sites for hydroxylation is 1. The topological polar surface area (TPSA) is 67.2 Å². The molecule has 0 saturated heterocycles. The van der Waals surface area contributed by atoms with Crippen LogP contribution < -0.4 is 10.9 Å². The van der Waals surface area contributed by atoms with Gasteiger partial charge in [-0.25, -0.2) is 4.98 Å². The first-order chi connectivity index (χ1) is 7.75. The monoisotopic (exact) mass is 243 g/mol. The Kier molecular flexibility index (Phi) is 5.95. The maximum Gasteiger partial charge on any atom is 0.293 e. The van der Waals surface area contributed by atoms with Gasteiger partial charge in [0.15, 0.2) is 5.82 Å². The number of rotatable bonds is 7. The summed E-state index contributed by atoms with van der Waals surface area (Å²) in [7, 11) is 1.70. The average molecular weight is 243 g/mol. The molecule has 2 N–H and O–H groups in total. The molecule has 0 spiro atoms. The fourth-order valence-corrected chi connectivity index (χ4v) is 1.91. The summed E-state index contributed by atoms with van der Waals surface area (Å²) >= 11 is 1.75. The second kappa shape index (κ2) is 7.29. The number of aliphatic hydroxyl groups excluding tert-OH is 1. The number of anilines is 1. The van der Waals surface area contributed by atoms with Crippen LogP contribution in [0, 0.1) is 0 Å². The van der Waals surface area contributed by atoms with Crippen molar-refractivity contribution >= 4 is 17.6 Å². The summed E-state index contributed by atoms with van der Waals surface area (Å²) in [5.74, 6) is 2.24. The van der Waals surface area contributed by atoms with E-state index in [1.807, 2.05) is 0 Å². The van der Waals surface area contributed by atoms with Crippen molar-refractivity contribution in [3.8, 4) is 0 Å². The van der Waals surface area contributed by atoms with Crippen molar-refractivity contribution < 1.29 is 5.11 Å². The molecule has 0 bridgehead atoms. The van der Waals surface area contributed by atoms with Crippen LogP contribution in [0.4, 0.5) is 5.82 Å². The van der Waals surface area contributed by atoms with Gasteiger partial charge in [0.1, 0.15) is 0 Å². The van der Waals surface area contributed by atoms with Gasteiger partial charge in [-0.2, -0.15) is 11.8 Å². The molecule has 1 aromatic rings. The van der Waals surface area contributed by atoms with Crippen molar-refractivity contribution in [2.24, 2.45) is 7.05 Å². The molecule has 1 heterocycles. The first-order valence-corrected chi connectivity index (χ1v) is 6.35. The Balaban J connectivity index is 2.27. The van der Waals surface area contributed by atoms with Gasteiger partial charge in [-0.3, -0.25) is 4.79 Å². The number of hydrogen-bond acceptors (Lipinski definition) is 5. The molecule has 90 valence electrons. The number of hydrogen-bond donors (Lipinski definition) is 2. The van der Waals surface area contributed by atoms with E-state index in [2.05, 4.69) is 10.3 Å². The van der Waals surface area contributed by atoms with Crippen molar-refractivity contribution in [1.82, 2.24) is 9.55 Å². The van der Waals surface area contributed by atoms with E-state index in [0.29, 0.717) is 12.4 Å². The van der Waals surface area contributed by atoms with Crippen molar-refractivity contribution in [3.05, 3.63) is 22.7 Å². The van der Waals surface area contributed by atoms with Gasteiger partial charge in [-0.15, -0.1) is 0 Å². The minimum Gasteiger partial charge on any atom is -0.396 e. The molecule has 1 aromatic heterocycles. The highest BCUT2D eigenvalue weighted by atomic mass is 32.2. The van der Waals surface area contributed by atoms with E-state index in [0.717, 1.165) is 17.9 Å². The van der Waals surface area contributed by atoms with Crippen LogP contribution in [0.5, 0.6) is 0 Å². The molecule has 0 radical (unpaired) electrons. The molecule has 1 rings (SSSR count). The molecule has 0 amide bonds. The Hall–Kier alpha value is -1.01. The molecule has 0 aliphatic rings. The number of nitrogens with one attached hydrogen (secondary N) is 1. The van der Waals surface area contributed by atoms with Gasteiger partial charge >= 0.3 is 0 Å². The minimum atomic E-state index is -0.108. The first kappa shape index (κ1) is 13.1. The lowest BCUT2D eigenvalue weighted by molar-refractivity contribution is 0.296. The quantitative estimate of drug-likeness (QED) is 0.675. The van der Waals surface area contributed by atoms with Crippen molar-refractivity contribution in [2.75, 3.05) is 30.0 Å². The Morgan fingerprint density at radius 1 is 1.56 bits per heavy atom. The van der Waals surface area contributed by atoms with E-state index < -0.39 is 0 Å². The molecule has 5 nitrogen and oxygen atoms in total. The number of thioether (sulfide) groups is 1. The van der Waals surface area contributed by atoms with Crippen LogP contribution in [-0.4, -0.2) is 39.3 Å². The van der Waals surface area contributed by atoms with Crippen LogP contribution in [0.15, 0.2) is 17.2 Å². The van der Waals surface area contributed by atoms with Crippen LogP contribution in [-0.2, 0) is 7.05 Å². The normalized spacial score (nSPS) is 10.4. The van der Waals surface area contributed by atoms with Gasteiger partial charge in [-0.1, -0.05) is 0 Å². The standard InChI is InChI=1S/C10H17N3O2S/c1-13-5-3-11-9(10(13)15)12-4-8-16-7-2-6-14/h3,5,14H,2,4,6-8H2,1H3,(H,11,12). The Morgan fingerprint density at radius 2 is 2.38 bits per heavy atom. The summed E-state index contributed by atoms with van der Waals surface area (Å²) in [4.78, 5) is 15.5. The minimum absolute atomic E-state index is 0.108. The fraction of sp³-hybridized carbons (Fsp3) is 0.600. The Bertz CT molecular complexity index is 367. The summed E-state index contributed by atoms with van der Waals surface area (Å²) in [6.07, 6.45) is 4.04. The van der Waals surface area contributed by atoms with Crippen LogP contribution >= 0.6 is 11.8 Å². The molecule has 0 atom stereocenters. The van der Waals surface area contributed by atoms with Crippen molar-refractivity contribution in [2.45, 2.75) is 6.42 Å². The molecule has 0 aliphatic carbocycles. The lowest BCUT2D eigenvalue weighted by Crippen LogP contribution is -2.22. The third-order valence-electron chi connectivity index (χ3n) is 2.00. The van der Waals surface area contributed by atoms with Crippen molar-refractivity contribution in [3.63, 3.8) is 0 Å². The highest BCUT2D eigenvalue weighted by Gasteiger charge is 2.00.